The number of carboxylic acids is 1. The van der Waals surface area contributed by atoms with Gasteiger partial charge in [0.25, 0.3) is 0 Å². The number of carbonyl (C=O) groups is 1. The SMILES string of the molecule is O=C(O)c1cc(Oc2ccccc2CCO)ncc1Cl. The van der Waals surface area contributed by atoms with Crippen molar-refractivity contribution in [2.24, 2.45) is 0 Å². The number of rotatable bonds is 5. The van der Waals surface area contributed by atoms with Crippen molar-refractivity contribution in [1.82, 2.24) is 4.98 Å². The molecule has 1 aromatic carbocycles. The van der Waals surface area contributed by atoms with Crippen LogP contribution in [0, 0.1) is 0 Å². The molecule has 5 nitrogen and oxygen atoms in total. The van der Waals surface area contributed by atoms with Gasteiger partial charge in [-0.15, -0.1) is 0 Å². The van der Waals surface area contributed by atoms with E-state index >= 15 is 0 Å². The Morgan fingerprint density at radius 2 is 2.10 bits per heavy atom. The molecule has 0 amide bonds. The van der Waals surface area contributed by atoms with Crippen LogP contribution in [-0.4, -0.2) is 27.8 Å². The summed E-state index contributed by atoms with van der Waals surface area (Å²) in [7, 11) is 0. The van der Waals surface area contributed by atoms with E-state index in [1.807, 2.05) is 12.1 Å². The minimum Gasteiger partial charge on any atom is -0.478 e. The number of para-hydroxylation sites is 1. The molecule has 0 unspecified atom stereocenters. The fraction of sp³-hybridized carbons (Fsp3) is 0.143. The lowest BCUT2D eigenvalue weighted by Gasteiger charge is -2.10. The average molecular weight is 294 g/mol. The minimum atomic E-state index is -1.15. The smallest absolute Gasteiger partial charge is 0.337 e. The molecule has 1 aromatic heterocycles. The maximum absolute atomic E-state index is 11.0. The van der Waals surface area contributed by atoms with Crippen LogP contribution < -0.4 is 4.74 Å². The van der Waals surface area contributed by atoms with Crippen molar-refractivity contribution in [2.75, 3.05) is 6.61 Å². The molecule has 6 heteroatoms. The highest BCUT2D eigenvalue weighted by atomic mass is 35.5. The van der Waals surface area contributed by atoms with E-state index in [1.54, 1.807) is 12.1 Å². The zero-order valence-corrected chi connectivity index (χ0v) is 11.2. The Kier molecular flexibility index (Phi) is 4.55. The predicted molar refractivity (Wildman–Crippen MR) is 73.5 cm³/mol. The maximum atomic E-state index is 11.0. The van der Waals surface area contributed by atoms with Gasteiger partial charge in [0.1, 0.15) is 5.75 Å². The van der Waals surface area contributed by atoms with E-state index in [-0.39, 0.29) is 23.1 Å². The fourth-order valence-corrected chi connectivity index (χ4v) is 1.87. The van der Waals surface area contributed by atoms with Gasteiger partial charge in [-0.25, -0.2) is 9.78 Å². The van der Waals surface area contributed by atoms with Crippen LogP contribution in [0.3, 0.4) is 0 Å². The van der Waals surface area contributed by atoms with Gasteiger partial charge in [0.2, 0.25) is 5.88 Å². The Balaban J connectivity index is 2.31. The van der Waals surface area contributed by atoms with Gasteiger partial charge in [-0.1, -0.05) is 29.8 Å². The number of hydrogen-bond donors (Lipinski definition) is 2. The zero-order valence-electron chi connectivity index (χ0n) is 10.4. The van der Waals surface area contributed by atoms with E-state index in [2.05, 4.69) is 4.98 Å². The van der Waals surface area contributed by atoms with Gasteiger partial charge in [0, 0.05) is 12.7 Å². The lowest BCUT2D eigenvalue weighted by Crippen LogP contribution is -2.00. The standard InChI is InChI=1S/C14H12ClNO4/c15-11-8-16-13(7-10(11)14(18)19)20-12-4-2-1-3-9(12)5-6-17/h1-4,7-8,17H,5-6H2,(H,18,19). The normalized spacial score (nSPS) is 10.3. The first-order valence-corrected chi connectivity index (χ1v) is 6.25. The number of pyridine rings is 1. The molecular weight excluding hydrogens is 282 g/mol. The number of aromatic nitrogens is 1. The third-order valence-electron chi connectivity index (χ3n) is 2.63. The Morgan fingerprint density at radius 3 is 2.80 bits per heavy atom. The van der Waals surface area contributed by atoms with Crippen molar-refractivity contribution in [3.05, 3.63) is 52.7 Å². The minimum absolute atomic E-state index is 0.00516. The van der Waals surface area contributed by atoms with Crippen LogP contribution in [0.1, 0.15) is 15.9 Å². The number of aliphatic hydroxyl groups excluding tert-OH is 1. The predicted octanol–water partition coefficient (Wildman–Crippen LogP) is 2.76. The highest BCUT2D eigenvalue weighted by molar-refractivity contribution is 6.33. The highest BCUT2D eigenvalue weighted by Crippen LogP contribution is 2.26. The third kappa shape index (κ3) is 3.26. The summed E-state index contributed by atoms with van der Waals surface area (Å²) >= 11 is 5.74. The van der Waals surface area contributed by atoms with E-state index in [9.17, 15) is 4.79 Å². The summed E-state index contributed by atoms with van der Waals surface area (Å²) < 4.78 is 5.56. The third-order valence-corrected chi connectivity index (χ3v) is 2.93. The van der Waals surface area contributed by atoms with Crippen molar-refractivity contribution in [2.45, 2.75) is 6.42 Å². The van der Waals surface area contributed by atoms with Gasteiger partial charge in [-0.3, -0.25) is 0 Å². The molecule has 0 aliphatic rings. The van der Waals surface area contributed by atoms with Gasteiger partial charge in [0.05, 0.1) is 16.8 Å². The molecule has 0 bridgehead atoms. The van der Waals surface area contributed by atoms with Gasteiger partial charge >= 0.3 is 5.97 Å². The van der Waals surface area contributed by atoms with Crippen LogP contribution in [0.15, 0.2) is 36.5 Å². The summed E-state index contributed by atoms with van der Waals surface area (Å²) in [5.41, 5.74) is 0.736. The summed E-state index contributed by atoms with van der Waals surface area (Å²) in [5.74, 6) is -0.490. The highest BCUT2D eigenvalue weighted by Gasteiger charge is 2.12. The number of halogens is 1. The van der Waals surface area contributed by atoms with Crippen LogP contribution in [0.4, 0.5) is 0 Å². The number of aromatic carboxylic acids is 1. The largest absolute Gasteiger partial charge is 0.478 e. The number of nitrogens with zero attached hydrogens (tertiary/aromatic N) is 1. The topological polar surface area (TPSA) is 79.7 Å². The monoisotopic (exact) mass is 293 g/mol. The lowest BCUT2D eigenvalue weighted by molar-refractivity contribution is 0.0696. The number of benzene rings is 1. The molecule has 0 saturated carbocycles. The van der Waals surface area contributed by atoms with Crippen molar-refractivity contribution in [3.63, 3.8) is 0 Å². The average Bonchev–Trinajstić information content (AvgIpc) is 2.43. The summed E-state index contributed by atoms with van der Waals surface area (Å²) in [6, 6.07) is 8.42. The van der Waals surface area contributed by atoms with Gasteiger partial charge in [-0.2, -0.15) is 0 Å². The van der Waals surface area contributed by atoms with Crippen molar-refractivity contribution in [3.8, 4) is 11.6 Å². The summed E-state index contributed by atoms with van der Waals surface area (Å²) in [6.45, 7) is -0.00516. The first-order valence-electron chi connectivity index (χ1n) is 5.87. The molecule has 2 rings (SSSR count). The molecule has 0 atom stereocenters. The molecule has 0 radical (unpaired) electrons. The number of aliphatic hydroxyl groups is 1. The van der Waals surface area contributed by atoms with Crippen LogP contribution in [0.2, 0.25) is 5.02 Å². The quantitative estimate of drug-likeness (QED) is 0.886. The Labute approximate surface area is 120 Å². The van der Waals surface area contributed by atoms with Crippen LogP contribution in [-0.2, 0) is 6.42 Å². The number of ether oxygens (including phenoxy) is 1. The van der Waals surface area contributed by atoms with Crippen LogP contribution in [0.5, 0.6) is 11.6 Å². The van der Waals surface area contributed by atoms with Crippen molar-refractivity contribution < 1.29 is 19.7 Å². The maximum Gasteiger partial charge on any atom is 0.337 e. The van der Waals surface area contributed by atoms with Crippen molar-refractivity contribution >= 4 is 17.6 Å². The molecule has 0 aliphatic carbocycles. The zero-order chi connectivity index (χ0) is 14.5. The summed E-state index contributed by atoms with van der Waals surface area (Å²) in [5, 5.41) is 18.0. The van der Waals surface area contributed by atoms with E-state index in [0.717, 1.165) is 5.56 Å². The van der Waals surface area contributed by atoms with E-state index in [1.165, 1.54) is 12.3 Å². The molecule has 20 heavy (non-hydrogen) atoms. The first kappa shape index (κ1) is 14.3. The van der Waals surface area contributed by atoms with E-state index in [0.29, 0.717) is 12.2 Å². The van der Waals surface area contributed by atoms with E-state index < -0.39 is 5.97 Å². The van der Waals surface area contributed by atoms with Crippen LogP contribution >= 0.6 is 11.6 Å². The second-order valence-electron chi connectivity index (χ2n) is 3.99. The summed E-state index contributed by atoms with van der Waals surface area (Å²) in [4.78, 5) is 14.9. The Morgan fingerprint density at radius 1 is 1.35 bits per heavy atom. The molecule has 0 fully saturated rings. The molecule has 0 saturated heterocycles. The second-order valence-corrected chi connectivity index (χ2v) is 4.40. The fourth-order valence-electron chi connectivity index (χ4n) is 1.68. The first-order chi connectivity index (χ1) is 9.61. The molecule has 0 spiro atoms. The summed E-state index contributed by atoms with van der Waals surface area (Å²) in [6.07, 6.45) is 1.67. The van der Waals surface area contributed by atoms with Gasteiger partial charge in [0.15, 0.2) is 0 Å². The molecular formula is C14H12ClNO4. The molecule has 2 N–H and O–H groups in total. The molecule has 104 valence electrons. The Bertz CT molecular complexity index is 630. The van der Waals surface area contributed by atoms with E-state index in [4.69, 9.17) is 26.6 Å². The second kappa shape index (κ2) is 6.36. The van der Waals surface area contributed by atoms with Gasteiger partial charge in [-0.05, 0) is 18.1 Å². The lowest BCUT2D eigenvalue weighted by atomic mass is 10.1. The Hall–Kier alpha value is -2.11. The van der Waals surface area contributed by atoms with Crippen molar-refractivity contribution in [1.29, 1.82) is 0 Å². The number of carboxylic acid groups (broad SMARTS) is 1. The van der Waals surface area contributed by atoms with Gasteiger partial charge < -0.3 is 14.9 Å². The molecule has 0 aliphatic heterocycles. The van der Waals surface area contributed by atoms with Crippen LogP contribution in [0.25, 0.3) is 0 Å². The number of hydrogen-bond acceptors (Lipinski definition) is 4. The molecule has 2 aromatic rings. The molecule has 1 heterocycles.